The zero-order valence-electron chi connectivity index (χ0n) is 16.6. The van der Waals surface area contributed by atoms with Gasteiger partial charge < -0.3 is 9.84 Å². The average Bonchev–Trinajstić information content (AvgIpc) is 3.46. The number of hydrogen-bond donors (Lipinski definition) is 1. The second-order valence-electron chi connectivity index (χ2n) is 7.94. The average molecular weight is 455 g/mol. The van der Waals surface area contributed by atoms with Crippen LogP contribution in [0.15, 0.2) is 47.3 Å². The molecule has 0 amide bonds. The monoisotopic (exact) mass is 454 g/mol. The number of rotatable bonds is 6. The number of ether oxygens (including phenoxy) is 1. The molecule has 2 unspecified atom stereocenters. The summed E-state index contributed by atoms with van der Waals surface area (Å²) in [4.78, 5) is 17.7. The maximum Gasteiger partial charge on any atom is 0.224 e. The first kappa shape index (κ1) is 19.9. The molecule has 4 rings (SSSR count). The van der Waals surface area contributed by atoms with Crippen LogP contribution in [0.4, 0.5) is 0 Å². The van der Waals surface area contributed by atoms with E-state index < -0.39 is 5.60 Å². The minimum Gasteiger partial charge on any atom is -0.477 e. The predicted molar refractivity (Wildman–Crippen MR) is 114 cm³/mol. The minimum absolute atomic E-state index is 0.433. The van der Waals surface area contributed by atoms with Crippen molar-refractivity contribution in [2.45, 2.75) is 38.7 Å². The van der Waals surface area contributed by atoms with Gasteiger partial charge in [-0.3, -0.25) is 9.97 Å². The molecule has 29 heavy (non-hydrogen) atoms. The van der Waals surface area contributed by atoms with Gasteiger partial charge in [-0.15, -0.1) is 0 Å². The molecule has 1 fully saturated rings. The summed E-state index contributed by atoms with van der Waals surface area (Å²) in [7, 11) is 0. The third kappa shape index (κ3) is 4.62. The summed E-state index contributed by atoms with van der Waals surface area (Å²) in [5.41, 5.74) is 2.38. The fraction of sp³-hybridized carbons (Fsp3) is 0.364. The van der Waals surface area contributed by atoms with Crippen LogP contribution < -0.4 is 4.74 Å². The molecule has 2 atom stereocenters. The van der Waals surface area contributed by atoms with Gasteiger partial charge in [-0.25, -0.2) is 4.98 Å². The van der Waals surface area contributed by atoms with E-state index in [-0.39, 0.29) is 0 Å². The summed E-state index contributed by atoms with van der Waals surface area (Å²) in [6.45, 7) is 5.86. The molecule has 7 heteroatoms. The van der Waals surface area contributed by atoms with Crippen LogP contribution in [0.3, 0.4) is 0 Å². The van der Waals surface area contributed by atoms with Crippen LogP contribution in [0, 0.1) is 12.8 Å². The first-order valence-electron chi connectivity index (χ1n) is 9.58. The molecule has 0 spiro atoms. The van der Waals surface area contributed by atoms with Gasteiger partial charge in [0, 0.05) is 46.2 Å². The molecular weight excluding hydrogens is 432 g/mol. The van der Waals surface area contributed by atoms with Crippen molar-refractivity contribution in [3.63, 3.8) is 0 Å². The number of halogens is 1. The molecule has 3 heterocycles. The maximum absolute atomic E-state index is 10.1. The Hall–Kier alpha value is -2.38. The zero-order chi connectivity index (χ0) is 20.6. The van der Waals surface area contributed by atoms with Crippen molar-refractivity contribution in [2.75, 3.05) is 6.61 Å². The molecule has 3 aromatic heterocycles. The molecule has 0 radical (unpaired) electrons. The van der Waals surface area contributed by atoms with E-state index in [9.17, 15) is 5.11 Å². The maximum atomic E-state index is 10.1. The summed E-state index contributed by atoms with van der Waals surface area (Å²) >= 11 is 3.42. The number of nitrogens with zero attached hydrogens (tertiary/aromatic N) is 4. The minimum atomic E-state index is -0.982. The fourth-order valence-electron chi connectivity index (χ4n) is 3.26. The van der Waals surface area contributed by atoms with Crippen LogP contribution in [0.5, 0.6) is 5.88 Å². The number of aromatic nitrogens is 4. The van der Waals surface area contributed by atoms with Crippen LogP contribution in [-0.4, -0.2) is 31.6 Å². The Balaban J connectivity index is 1.48. The predicted octanol–water partition coefficient (Wildman–Crippen LogP) is 4.41. The van der Waals surface area contributed by atoms with Gasteiger partial charge >= 0.3 is 0 Å². The first-order chi connectivity index (χ1) is 13.8. The number of hydrogen-bond acceptors (Lipinski definition) is 6. The largest absolute Gasteiger partial charge is 0.477 e. The molecule has 150 valence electrons. The molecule has 6 nitrogen and oxygen atoms in total. The van der Waals surface area contributed by atoms with Crippen molar-refractivity contribution in [1.82, 2.24) is 19.9 Å². The smallest absolute Gasteiger partial charge is 0.224 e. The van der Waals surface area contributed by atoms with Crippen LogP contribution >= 0.6 is 15.9 Å². The first-order valence-corrected chi connectivity index (χ1v) is 10.4. The lowest BCUT2D eigenvalue weighted by atomic mass is 10.0. The zero-order valence-corrected chi connectivity index (χ0v) is 18.2. The second-order valence-corrected chi connectivity index (χ2v) is 8.86. The van der Waals surface area contributed by atoms with E-state index in [0.717, 1.165) is 27.7 Å². The quantitative estimate of drug-likeness (QED) is 0.593. The van der Waals surface area contributed by atoms with Gasteiger partial charge in [0.15, 0.2) is 0 Å². The summed E-state index contributed by atoms with van der Waals surface area (Å²) in [6.07, 6.45) is 6.39. The van der Waals surface area contributed by atoms with Crippen molar-refractivity contribution < 1.29 is 9.84 Å². The SMILES string of the molecule is Cc1ncc(-c2ccc(C(C)(C)O)nc2)c(OCC2CC2c2ccc(Br)cn2)n1. The van der Waals surface area contributed by atoms with Crippen molar-refractivity contribution in [3.05, 3.63) is 64.5 Å². The van der Waals surface area contributed by atoms with Crippen LogP contribution in [0.25, 0.3) is 11.1 Å². The molecule has 0 aliphatic heterocycles. The molecule has 1 N–H and O–H groups in total. The van der Waals surface area contributed by atoms with Crippen LogP contribution in [0.2, 0.25) is 0 Å². The van der Waals surface area contributed by atoms with Gasteiger partial charge in [-0.1, -0.05) is 6.07 Å². The lowest BCUT2D eigenvalue weighted by Gasteiger charge is -2.17. The number of aryl methyl sites for hydroxylation is 1. The Morgan fingerprint density at radius 2 is 1.93 bits per heavy atom. The molecule has 1 saturated carbocycles. The summed E-state index contributed by atoms with van der Waals surface area (Å²) in [5.74, 6) is 2.08. The van der Waals surface area contributed by atoms with Gasteiger partial charge in [0.2, 0.25) is 5.88 Å². The molecule has 0 bridgehead atoms. The van der Waals surface area contributed by atoms with Crippen LogP contribution in [-0.2, 0) is 5.60 Å². The molecule has 0 aromatic carbocycles. The highest BCUT2D eigenvalue weighted by atomic mass is 79.9. The molecule has 1 aliphatic carbocycles. The Bertz CT molecular complexity index is 1000. The highest BCUT2D eigenvalue weighted by Crippen LogP contribution is 2.47. The van der Waals surface area contributed by atoms with E-state index in [1.54, 1.807) is 26.2 Å². The van der Waals surface area contributed by atoms with Gasteiger partial charge in [0.05, 0.1) is 17.9 Å². The van der Waals surface area contributed by atoms with E-state index in [1.165, 1.54) is 0 Å². The lowest BCUT2D eigenvalue weighted by Crippen LogP contribution is -2.17. The van der Waals surface area contributed by atoms with Crippen molar-refractivity contribution >= 4 is 15.9 Å². The normalized spacial score (nSPS) is 18.5. The van der Waals surface area contributed by atoms with E-state index in [0.29, 0.717) is 35.8 Å². The van der Waals surface area contributed by atoms with Crippen molar-refractivity contribution in [3.8, 4) is 17.0 Å². The van der Waals surface area contributed by atoms with Gasteiger partial charge in [-0.05, 0) is 61.3 Å². The Kier molecular flexibility index (Phi) is 5.36. The second kappa shape index (κ2) is 7.80. The Morgan fingerprint density at radius 1 is 1.10 bits per heavy atom. The van der Waals surface area contributed by atoms with Crippen molar-refractivity contribution in [1.29, 1.82) is 0 Å². The van der Waals surface area contributed by atoms with E-state index in [1.807, 2.05) is 31.3 Å². The standard InChI is InChI=1S/C22H23BrN4O2/c1-13-24-11-18(14-4-7-20(26-9-14)22(2,3)28)21(27-13)29-12-15-8-17(15)19-6-5-16(23)10-25-19/h4-7,9-11,15,17,28H,8,12H2,1-3H3. The highest BCUT2D eigenvalue weighted by Gasteiger charge is 2.40. The summed E-state index contributed by atoms with van der Waals surface area (Å²) in [6, 6.07) is 7.81. The third-order valence-corrected chi connectivity index (χ3v) is 5.53. The summed E-state index contributed by atoms with van der Waals surface area (Å²) in [5, 5.41) is 10.1. The van der Waals surface area contributed by atoms with Gasteiger partial charge in [0.1, 0.15) is 11.4 Å². The number of aliphatic hydroxyl groups is 1. The third-order valence-electron chi connectivity index (χ3n) is 5.06. The molecular formula is C22H23BrN4O2. The number of pyridine rings is 2. The topological polar surface area (TPSA) is 81.0 Å². The van der Waals surface area contributed by atoms with Gasteiger partial charge in [0.25, 0.3) is 0 Å². The fourth-order valence-corrected chi connectivity index (χ4v) is 3.49. The van der Waals surface area contributed by atoms with Crippen molar-refractivity contribution in [2.24, 2.45) is 5.92 Å². The lowest BCUT2D eigenvalue weighted by molar-refractivity contribution is 0.0739. The highest BCUT2D eigenvalue weighted by molar-refractivity contribution is 9.10. The van der Waals surface area contributed by atoms with Gasteiger partial charge in [-0.2, -0.15) is 4.98 Å². The molecule has 0 saturated heterocycles. The molecule has 3 aromatic rings. The Labute approximate surface area is 178 Å². The molecule has 1 aliphatic rings. The van der Waals surface area contributed by atoms with Crippen LogP contribution in [0.1, 0.15) is 43.4 Å². The van der Waals surface area contributed by atoms with E-state index in [2.05, 4.69) is 41.9 Å². The Morgan fingerprint density at radius 3 is 2.59 bits per heavy atom. The summed E-state index contributed by atoms with van der Waals surface area (Å²) < 4.78 is 7.09. The van der Waals surface area contributed by atoms with E-state index >= 15 is 0 Å². The van der Waals surface area contributed by atoms with E-state index in [4.69, 9.17) is 4.74 Å².